The summed E-state index contributed by atoms with van der Waals surface area (Å²) < 4.78 is 0. The van der Waals surface area contributed by atoms with E-state index in [1.165, 1.54) is 5.57 Å². The van der Waals surface area contributed by atoms with E-state index in [9.17, 15) is 5.11 Å². The quantitative estimate of drug-likeness (QED) is 0.551. The summed E-state index contributed by atoms with van der Waals surface area (Å²) in [4.78, 5) is 0. The van der Waals surface area contributed by atoms with E-state index < -0.39 is 6.10 Å². The van der Waals surface area contributed by atoms with Crippen LogP contribution in [-0.4, -0.2) is 30.0 Å². The summed E-state index contributed by atoms with van der Waals surface area (Å²) in [6.07, 6.45) is -0.788. The summed E-state index contributed by atoms with van der Waals surface area (Å²) in [6, 6.07) is 0. The summed E-state index contributed by atoms with van der Waals surface area (Å²) in [5.41, 5.74) is 4.12. The molecule has 0 aliphatic heterocycles. The molecule has 0 bridgehead atoms. The van der Waals surface area contributed by atoms with Crippen LogP contribution in [0.1, 0.15) is 27.7 Å². The predicted octanol–water partition coefficient (Wildman–Crippen LogP) is 2.09. The van der Waals surface area contributed by atoms with Gasteiger partial charge in [-0.2, -0.15) is 0 Å². The molecular formula is C14H27NO2Ti. The number of allylic oxidation sites excluding steroid dienone is 1. The summed E-state index contributed by atoms with van der Waals surface area (Å²) in [5.74, 6) is 0. The fourth-order valence-electron chi connectivity index (χ4n) is 2.34. The van der Waals surface area contributed by atoms with Crippen molar-refractivity contribution in [2.45, 2.75) is 33.8 Å². The zero-order valence-corrected chi connectivity index (χ0v) is 14.2. The fraction of sp³-hybridized carbons (Fsp3) is 0.571. The maximum absolute atomic E-state index is 9.80. The summed E-state index contributed by atoms with van der Waals surface area (Å²) in [5, 5.41) is 22.0. The first-order valence-electron chi connectivity index (χ1n) is 5.27. The third-order valence-electron chi connectivity index (χ3n) is 3.55. The van der Waals surface area contributed by atoms with Crippen LogP contribution in [0.4, 0.5) is 0 Å². The third-order valence-corrected chi connectivity index (χ3v) is 3.55. The second-order valence-corrected chi connectivity index (χ2v) is 4.61. The monoisotopic (exact) mass is 289 g/mol. The van der Waals surface area contributed by atoms with Crippen molar-refractivity contribution in [2.75, 3.05) is 13.7 Å². The molecule has 0 spiro atoms. The van der Waals surface area contributed by atoms with Crippen LogP contribution >= 0.6 is 0 Å². The van der Waals surface area contributed by atoms with Crippen molar-refractivity contribution in [3.05, 3.63) is 37.3 Å². The Hall–Kier alpha value is -0.0857. The van der Waals surface area contributed by atoms with Crippen LogP contribution in [0.5, 0.6) is 0 Å². The Morgan fingerprint density at radius 2 is 1.67 bits per heavy atom. The number of rotatable bonds is 3. The van der Waals surface area contributed by atoms with Gasteiger partial charge in [-0.05, 0) is 19.4 Å². The number of aliphatic hydroxyl groups excluding tert-OH is 2. The number of hydrogen-bond acceptors (Lipinski definition) is 3. The van der Waals surface area contributed by atoms with Crippen molar-refractivity contribution in [2.24, 2.45) is 5.41 Å². The summed E-state index contributed by atoms with van der Waals surface area (Å²) in [6.45, 7) is 8.07. The minimum absolute atomic E-state index is 0. The molecule has 3 N–H and O–H groups in total. The van der Waals surface area contributed by atoms with Gasteiger partial charge >= 0.3 is 21.7 Å². The Morgan fingerprint density at radius 3 is 2.00 bits per heavy atom. The van der Waals surface area contributed by atoms with Crippen LogP contribution < -0.4 is 5.32 Å². The normalized spacial score (nSPS) is 18.6. The Balaban J connectivity index is -0.000000750. The Kier molecular flexibility index (Phi) is 10.4. The summed E-state index contributed by atoms with van der Waals surface area (Å²) >= 11 is 0. The summed E-state index contributed by atoms with van der Waals surface area (Å²) in [7, 11) is 1.85. The van der Waals surface area contributed by atoms with Crippen LogP contribution in [0.15, 0.2) is 22.4 Å². The topological polar surface area (TPSA) is 52.5 Å². The van der Waals surface area contributed by atoms with Crippen LogP contribution in [0.25, 0.3) is 0 Å². The van der Waals surface area contributed by atoms with E-state index in [1.54, 1.807) is 0 Å². The predicted molar refractivity (Wildman–Crippen MR) is 74.2 cm³/mol. The second kappa shape index (κ2) is 8.16. The molecule has 0 aromatic rings. The van der Waals surface area contributed by atoms with Crippen LogP contribution in [0.2, 0.25) is 0 Å². The third kappa shape index (κ3) is 3.48. The van der Waals surface area contributed by atoms with E-state index in [0.29, 0.717) is 0 Å². The molecule has 0 amide bonds. The number of nitrogens with one attached hydrogen (secondary N) is 1. The maximum Gasteiger partial charge on any atom is 2.00 e. The smallest absolute Gasteiger partial charge is 0.393 e. The van der Waals surface area contributed by atoms with Gasteiger partial charge in [0.15, 0.2) is 0 Å². The Bertz CT molecular complexity index is 333. The van der Waals surface area contributed by atoms with E-state index in [0.717, 1.165) is 16.8 Å². The molecule has 0 fully saturated rings. The molecule has 0 heterocycles. The van der Waals surface area contributed by atoms with E-state index in [-0.39, 0.29) is 48.6 Å². The van der Waals surface area contributed by atoms with E-state index >= 15 is 0 Å². The molecule has 0 radical (unpaired) electrons. The molecule has 1 rings (SSSR count). The molecule has 0 saturated carbocycles. The van der Waals surface area contributed by atoms with E-state index in [4.69, 9.17) is 5.11 Å². The molecule has 0 aromatic heterocycles. The first-order valence-corrected chi connectivity index (χ1v) is 5.27. The fourth-order valence-corrected chi connectivity index (χ4v) is 2.34. The van der Waals surface area contributed by atoms with Crippen LogP contribution in [0.3, 0.4) is 0 Å². The van der Waals surface area contributed by atoms with Crippen molar-refractivity contribution in [3.63, 3.8) is 0 Å². The first kappa shape index (κ1) is 23.0. The maximum atomic E-state index is 9.80. The van der Waals surface area contributed by atoms with Gasteiger partial charge < -0.3 is 30.4 Å². The molecule has 0 unspecified atom stereocenters. The van der Waals surface area contributed by atoms with Gasteiger partial charge in [-0.1, -0.05) is 19.4 Å². The second-order valence-electron chi connectivity index (χ2n) is 4.61. The Labute approximate surface area is 127 Å². The van der Waals surface area contributed by atoms with Crippen molar-refractivity contribution in [3.8, 4) is 0 Å². The van der Waals surface area contributed by atoms with Crippen molar-refractivity contribution < 1.29 is 31.9 Å². The number of aliphatic hydroxyl groups is 2. The Morgan fingerprint density at radius 1 is 1.22 bits per heavy atom. The molecule has 1 aliphatic carbocycles. The molecule has 104 valence electrons. The number of hydrogen-bond donors (Lipinski definition) is 3. The van der Waals surface area contributed by atoms with Crippen molar-refractivity contribution in [1.29, 1.82) is 0 Å². The van der Waals surface area contributed by atoms with Gasteiger partial charge in [-0.3, -0.25) is 0 Å². The molecule has 1 aliphatic rings. The van der Waals surface area contributed by atoms with Crippen molar-refractivity contribution in [1.82, 2.24) is 5.32 Å². The van der Waals surface area contributed by atoms with Crippen molar-refractivity contribution >= 4 is 0 Å². The van der Waals surface area contributed by atoms with Crippen LogP contribution in [0, 0.1) is 20.3 Å². The minimum atomic E-state index is -0.788. The van der Waals surface area contributed by atoms with Gasteiger partial charge in [-0.25, -0.2) is 0 Å². The average Bonchev–Trinajstić information content (AvgIpc) is 2.37. The molecule has 1 atom stereocenters. The van der Waals surface area contributed by atoms with Gasteiger partial charge in [0.05, 0.1) is 6.61 Å². The van der Waals surface area contributed by atoms with Gasteiger partial charge in [0.2, 0.25) is 0 Å². The minimum Gasteiger partial charge on any atom is -0.393 e. The standard InChI is InChI=1S/C12H21NO2.2CH3.Ti/c1-7-8(2)12(3,4)11(13-5)10(7)9(15)6-14;;;/h9,13-15H,6H2,1-5H3;2*1H3;/q;2*-1;+2/t9-;;;/m0.../s1. The zero-order chi connectivity index (χ0) is 11.8. The zero-order valence-electron chi connectivity index (χ0n) is 12.7. The first-order chi connectivity index (χ1) is 6.87. The molecular weight excluding hydrogens is 262 g/mol. The van der Waals surface area contributed by atoms with E-state index in [2.05, 4.69) is 26.1 Å². The largest absolute Gasteiger partial charge is 2.00 e. The van der Waals surface area contributed by atoms with Gasteiger partial charge in [0.1, 0.15) is 6.10 Å². The van der Waals surface area contributed by atoms with Gasteiger partial charge in [0.25, 0.3) is 0 Å². The molecule has 3 nitrogen and oxygen atoms in total. The van der Waals surface area contributed by atoms with Gasteiger partial charge in [-0.15, -0.1) is 0 Å². The van der Waals surface area contributed by atoms with Gasteiger partial charge in [0, 0.05) is 23.7 Å². The molecule has 4 heteroatoms. The average molecular weight is 289 g/mol. The van der Waals surface area contributed by atoms with E-state index in [1.807, 2.05) is 14.0 Å². The van der Waals surface area contributed by atoms with Crippen LogP contribution in [-0.2, 0) is 21.7 Å². The molecule has 0 aromatic carbocycles. The SMILES string of the molecule is CNC1=C([C@@H](O)CO)C(C)=C(C)C1(C)C.[CH3-].[CH3-].[Ti+2]. The molecule has 18 heavy (non-hydrogen) atoms. The molecule has 0 saturated heterocycles.